The lowest BCUT2D eigenvalue weighted by molar-refractivity contribution is 1.03. The fraction of sp³-hybridized carbons (Fsp3) is 0. The molecule has 1 aliphatic heterocycles. The van der Waals surface area contributed by atoms with Crippen molar-refractivity contribution in [3.8, 4) is 0 Å². The van der Waals surface area contributed by atoms with Gasteiger partial charge in [-0.3, -0.25) is 0 Å². The Kier molecular flexibility index (Phi) is 1.48. The molecule has 0 aromatic heterocycles. The van der Waals surface area contributed by atoms with Crippen molar-refractivity contribution < 1.29 is 0 Å². The van der Waals surface area contributed by atoms with Crippen LogP contribution in [0.25, 0.3) is 0 Å². The average molecular weight is 176 g/mol. The quantitative estimate of drug-likeness (QED) is 0.501. The van der Waals surface area contributed by atoms with E-state index < -0.39 is 0 Å². The maximum atomic E-state index is 5.19. The summed E-state index contributed by atoms with van der Waals surface area (Å²) < 4.78 is 0. The molecule has 0 bridgehead atoms. The van der Waals surface area contributed by atoms with E-state index in [9.17, 15) is 0 Å². The lowest BCUT2D eigenvalue weighted by Crippen LogP contribution is -2.23. The first-order valence-corrected chi connectivity index (χ1v) is 2.74. The van der Waals surface area contributed by atoms with Crippen LogP contribution in [-0.4, -0.2) is 12.3 Å². The van der Waals surface area contributed by atoms with E-state index in [0.717, 1.165) is 0 Å². The summed E-state index contributed by atoms with van der Waals surface area (Å²) >= 11 is 3.08. The lowest BCUT2D eigenvalue weighted by Gasteiger charge is -2.05. The molecule has 0 saturated carbocycles. The first kappa shape index (κ1) is 5.55. The average Bonchev–Trinajstić information content (AvgIpc) is 1.64. The summed E-state index contributed by atoms with van der Waals surface area (Å²) in [7, 11) is 0. The molecule has 0 spiro atoms. The van der Waals surface area contributed by atoms with Crippen molar-refractivity contribution in [2.24, 2.45) is 15.7 Å². The van der Waals surface area contributed by atoms with Crippen LogP contribution in [0.2, 0.25) is 0 Å². The van der Waals surface area contributed by atoms with Crippen molar-refractivity contribution in [3.63, 3.8) is 0 Å². The molecule has 0 atom stereocenters. The number of rotatable bonds is 0. The van der Waals surface area contributed by atoms with Gasteiger partial charge in [0.2, 0.25) is 11.0 Å². The van der Waals surface area contributed by atoms with E-state index >= 15 is 0 Å². The maximum absolute atomic E-state index is 5.19. The Bertz CT molecular complexity index is 140. The number of halogens is 1. The van der Waals surface area contributed by atoms with E-state index in [-0.39, 0.29) is 5.96 Å². The Morgan fingerprint density at radius 2 is 2.50 bits per heavy atom. The van der Waals surface area contributed by atoms with Gasteiger partial charge in [-0.2, -0.15) is 0 Å². The third-order valence-corrected chi connectivity index (χ3v) is 0.999. The van der Waals surface area contributed by atoms with Gasteiger partial charge in [-0.15, -0.1) is 0 Å². The zero-order chi connectivity index (χ0) is 5.98. The molecule has 43 valence electrons. The van der Waals surface area contributed by atoms with Crippen LogP contribution in [0.4, 0.5) is 0 Å². The molecular formula is C3H4BrN4. The van der Waals surface area contributed by atoms with E-state index in [2.05, 4.69) is 31.2 Å². The van der Waals surface area contributed by atoms with E-state index in [1.807, 2.05) is 0 Å². The van der Waals surface area contributed by atoms with Crippen LogP contribution in [0.5, 0.6) is 0 Å². The van der Waals surface area contributed by atoms with Gasteiger partial charge in [0.15, 0.2) is 0 Å². The topological polar surface area (TPSA) is 62.8 Å². The molecule has 1 heterocycles. The number of aliphatic imine (C=N–C) groups is 2. The van der Waals surface area contributed by atoms with Crippen molar-refractivity contribution in [2.45, 2.75) is 0 Å². The molecule has 5 heteroatoms. The summed E-state index contributed by atoms with van der Waals surface area (Å²) in [4.78, 5) is 7.32. The smallest absolute Gasteiger partial charge is 0.244 e. The minimum absolute atomic E-state index is 0.260. The predicted molar refractivity (Wildman–Crippen MR) is 35.4 cm³/mol. The Morgan fingerprint density at radius 1 is 1.75 bits per heavy atom. The standard InChI is InChI=1S/C3H4BrN4/c4-2-6-1-7-3(5)8-2/h1H,(H3,5,6,7,8). The molecule has 0 saturated heterocycles. The molecule has 0 amide bonds. The largest absolute Gasteiger partial charge is 0.368 e. The van der Waals surface area contributed by atoms with Gasteiger partial charge in [-0.25, -0.2) is 9.98 Å². The zero-order valence-corrected chi connectivity index (χ0v) is 5.51. The molecule has 0 aromatic carbocycles. The Balaban J connectivity index is 2.63. The summed E-state index contributed by atoms with van der Waals surface area (Å²) in [6.45, 7) is 0. The van der Waals surface area contributed by atoms with Crippen LogP contribution in [0.15, 0.2) is 9.98 Å². The number of nitrogens with two attached hydrogens (primary N) is 1. The minimum Gasteiger partial charge on any atom is -0.368 e. The van der Waals surface area contributed by atoms with Crippen molar-refractivity contribution in [1.29, 1.82) is 0 Å². The van der Waals surface area contributed by atoms with Gasteiger partial charge in [0.25, 0.3) is 0 Å². The summed E-state index contributed by atoms with van der Waals surface area (Å²) in [6, 6.07) is 0. The Morgan fingerprint density at radius 3 is 2.88 bits per heavy atom. The van der Waals surface area contributed by atoms with Crippen molar-refractivity contribution in [3.05, 3.63) is 5.08 Å². The fourth-order valence-corrected chi connectivity index (χ4v) is 0.597. The molecule has 3 N–H and O–H groups in total. The van der Waals surface area contributed by atoms with Crippen LogP contribution in [0, 0.1) is 5.08 Å². The summed E-state index contributed by atoms with van der Waals surface area (Å²) in [5, 5.41) is 3.27. The van der Waals surface area contributed by atoms with Gasteiger partial charge in [0.1, 0.15) is 0 Å². The van der Waals surface area contributed by atoms with Crippen molar-refractivity contribution in [2.75, 3.05) is 0 Å². The predicted octanol–water partition coefficient (Wildman–Crippen LogP) is -0.226. The van der Waals surface area contributed by atoms with Gasteiger partial charge >= 0.3 is 0 Å². The van der Waals surface area contributed by atoms with Gasteiger partial charge in [-0.05, 0) is 15.9 Å². The minimum atomic E-state index is 0.260. The lowest BCUT2D eigenvalue weighted by atomic mass is 10.9. The van der Waals surface area contributed by atoms with Gasteiger partial charge in [0, 0.05) is 0 Å². The SMILES string of the molecule is NC1=N[C](Br)NC=N1. The van der Waals surface area contributed by atoms with E-state index in [1.165, 1.54) is 6.34 Å². The van der Waals surface area contributed by atoms with E-state index in [1.54, 1.807) is 0 Å². The first-order valence-electron chi connectivity index (χ1n) is 1.95. The van der Waals surface area contributed by atoms with Crippen LogP contribution in [-0.2, 0) is 0 Å². The van der Waals surface area contributed by atoms with E-state index in [0.29, 0.717) is 5.08 Å². The molecule has 1 aliphatic rings. The highest BCUT2D eigenvalue weighted by molar-refractivity contribution is 9.11. The number of guanidine groups is 1. The zero-order valence-electron chi connectivity index (χ0n) is 3.93. The number of hydrogen-bond donors (Lipinski definition) is 2. The molecule has 0 aliphatic carbocycles. The highest BCUT2D eigenvalue weighted by Gasteiger charge is 2.03. The van der Waals surface area contributed by atoms with E-state index in [4.69, 9.17) is 5.73 Å². The van der Waals surface area contributed by atoms with Gasteiger partial charge < -0.3 is 11.1 Å². The van der Waals surface area contributed by atoms with Crippen molar-refractivity contribution >= 4 is 28.2 Å². The van der Waals surface area contributed by atoms with Crippen molar-refractivity contribution in [1.82, 2.24) is 5.32 Å². The molecule has 8 heavy (non-hydrogen) atoms. The third-order valence-electron chi connectivity index (χ3n) is 0.593. The second kappa shape index (κ2) is 2.13. The molecule has 0 aromatic rings. The van der Waals surface area contributed by atoms with Crippen LogP contribution in [0.3, 0.4) is 0 Å². The van der Waals surface area contributed by atoms with Gasteiger partial charge in [-0.1, -0.05) is 0 Å². The number of nitrogens with zero attached hydrogens (tertiary/aromatic N) is 2. The highest BCUT2D eigenvalue weighted by atomic mass is 79.9. The fourth-order valence-electron chi connectivity index (χ4n) is 0.313. The van der Waals surface area contributed by atoms with Crippen LogP contribution < -0.4 is 11.1 Å². The molecular weight excluding hydrogens is 172 g/mol. The normalized spacial score (nSPS) is 19.9. The molecule has 1 radical (unpaired) electrons. The first-order chi connectivity index (χ1) is 3.79. The highest BCUT2D eigenvalue weighted by Crippen LogP contribution is 2.06. The summed E-state index contributed by atoms with van der Waals surface area (Å²) in [5.74, 6) is 0.260. The van der Waals surface area contributed by atoms with Gasteiger partial charge in [0.05, 0.1) is 6.34 Å². The monoisotopic (exact) mass is 175 g/mol. The summed E-state index contributed by atoms with van der Waals surface area (Å²) in [6.07, 6.45) is 1.46. The molecule has 4 nitrogen and oxygen atoms in total. The second-order valence-corrected chi connectivity index (χ2v) is 1.91. The third kappa shape index (κ3) is 1.19. The molecule has 0 unspecified atom stereocenters. The van der Waals surface area contributed by atoms with Crippen LogP contribution in [0.1, 0.15) is 0 Å². The molecule has 0 fully saturated rings. The second-order valence-electron chi connectivity index (χ2n) is 1.16. The molecule has 1 rings (SSSR count). The van der Waals surface area contributed by atoms with Crippen LogP contribution >= 0.6 is 15.9 Å². The Hall–Kier alpha value is -0.580. The number of nitrogens with one attached hydrogen (secondary N) is 1. The summed E-state index contributed by atoms with van der Waals surface area (Å²) in [5.41, 5.74) is 5.19. The Labute approximate surface area is 55.0 Å². The maximum Gasteiger partial charge on any atom is 0.244 e. The number of hydrogen-bond acceptors (Lipinski definition) is 4.